The molecule has 0 aliphatic carbocycles. The summed E-state index contributed by atoms with van der Waals surface area (Å²) >= 11 is 0. The van der Waals surface area contributed by atoms with Crippen LogP contribution in [0, 0.1) is 6.92 Å². The van der Waals surface area contributed by atoms with Gasteiger partial charge in [-0.15, -0.1) is 0 Å². The third-order valence-electron chi connectivity index (χ3n) is 3.49. The second-order valence-corrected chi connectivity index (χ2v) is 4.93. The molecule has 0 bridgehead atoms. The van der Waals surface area contributed by atoms with Crippen LogP contribution in [-0.4, -0.2) is 16.1 Å². The fourth-order valence-electron chi connectivity index (χ4n) is 2.41. The van der Waals surface area contributed by atoms with E-state index in [1.807, 2.05) is 61.5 Å². The Balaban J connectivity index is 1.82. The van der Waals surface area contributed by atoms with Gasteiger partial charge in [-0.1, -0.05) is 30.3 Å². The van der Waals surface area contributed by atoms with Crippen molar-refractivity contribution < 1.29 is 0 Å². The van der Waals surface area contributed by atoms with Crippen molar-refractivity contribution in [2.45, 2.75) is 13.5 Å². The van der Waals surface area contributed by atoms with Crippen LogP contribution in [0.1, 0.15) is 5.82 Å². The number of hydrogen-bond acceptors (Lipinski definition) is 3. The van der Waals surface area contributed by atoms with Crippen molar-refractivity contribution in [2.75, 3.05) is 11.9 Å². The zero-order valence-electron chi connectivity index (χ0n) is 11.9. The molecule has 0 atom stereocenters. The Kier molecular flexibility index (Phi) is 3.69. The Morgan fingerprint density at radius 3 is 2.57 bits per heavy atom. The molecule has 0 spiro atoms. The van der Waals surface area contributed by atoms with E-state index in [0.717, 1.165) is 17.0 Å². The molecule has 106 valence electrons. The Morgan fingerprint density at radius 2 is 1.76 bits per heavy atom. The van der Waals surface area contributed by atoms with Gasteiger partial charge < -0.3 is 5.32 Å². The molecule has 2 aromatic carbocycles. The highest BCUT2D eigenvalue weighted by molar-refractivity contribution is 5.77. The van der Waals surface area contributed by atoms with Crippen molar-refractivity contribution in [1.82, 2.24) is 9.55 Å². The fourth-order valence-corrected chi connectivity index (χ4v) is 2.41. The van der Waals surface area contributed by atoms with E-state index < -0.39 is 0 Å². The van der Waals surface area contributed by atoms with E-state index in [1.54, 1.807) is 4.57 Å². The molecule has 21 heavy (non-hydrogen) atoms. The minimum absolute atomic E-state index is 0.0213. The van der Waals surface area contributed by atoms with Gasteiger partial charge in [-0.3, -0.25) is 9.36 Å². The van der Waals surface area contributed by atoms with Gasteiger partial charge in [0.15, 0.2) is 0 Å². The first-order valence-electron chi connectivity index (χ1n) is 7.01. The average molecular weight is 279 g/mol. The van der Waals surface area contributed by atoms with Gasteiger partial charge in [0, 0.05) is 18.8 Å². The summed E-state index contributed by atoms with van der Waals surface area (Å²) in [5, 5.41) is 3.98. The Labute approximate surface area is 123 Å². The number of anilines is 1. The Hall–Kier alpha value is -2.62. The van der Waals surface area contributed by atoms with E-state index in [2.05, 4.69) is 10.3 Å². The summed E-state index contributed by atoms with van der Waals surface area (Å²) in [6, 6.07) is 17.4. The molecule has 0 unspecified atom stereocenters. The molecule has 1 heterocycles. The number of nitrogens with one attached hydrogen (secondary N) is 1. The normalized spacial score (nSPS) is 10.7. The van der Waals surface area contributed by atoms with Crippen LogP contribution in [0.25, 0.3) is 10.9 Å². The lowest BCUT2D eigenvalue weighted by Crippen LogP contribution is -2.27. The summed E-state index contributed by atoms with van der Waals surface area (Å²) in [6.45, 7) is 3.15. The van der Waals surface area contributed by atoms with Gasteiger partial charge in [0.2, 0.25) is 0 Å². The monoisotopic (exact) mass is 279 g/mol. The van der Waals surface area contributed by atoms with E-state index in [4.69, 9.17) is 0 Å². The molecule has 4 nitrogen and oxygen atoms in total. The molecule has 4 heteroatoms. The lowest BCUT2D eigenvalue weighted by molar-refractivity contribution is 0.662. The molecular weight excluding hydrogens is 262 g/mol. The quantitative estimate of drug-likeness (QED) is 0.799. The van der Waals surface area contributed by atoms with Crippen LogP contribution >= 0.6 is 0 Å². The number of nitrogens with zero attached hydrogens (tertiary/aromatic N) is 2. The molecule has 0 saturated carbocycles. The number of para-hydroxylation sites is 2. The zero-order valence-corrected chi connectivity index (χ0v) is 11.9. The molecule has 0 fully saturated rings. The summed E-state index contributed by atoms with van der Waals surface area (Å²) < 4.78 is 1.72. The second kappa shape index (κ2) is 5.79. The van der Waals surface area contributed by atoms with Gasteiger partial charge in [0.1, 0.15) is 5.82 Å². The predicted molar refractivity (Wildman–Crippen MR) is 85.7 cm³/mol. The molecular formula is C17H17N3O. The first-order chi connectivity index (χ1) is 10.3. The number of fused-ring (bicyclic) bond motifs is 1. The maximum atomic E-state index is 12.5. The van der Waals surface area contributed by atoms with E-state index in [1.165, 1.54) is 0 Å². The van der Waals surface area contributed by atoms with Gasteiger partial charge in [-0.25, -0.2) is 4.98 Å². The molecule has 0 aliphatic rings. The Bertz CT molecular complexity index is 809. The maximum absolute atomic E-state index is 12.5. The smallest absolute Gasteiger partial charge is 0.261 e. The molecule has 0 radical (unpaired) electrons. The van der Waals surface area contributed by atoms with Crippen molar-refractivity contribution in [3.05, 3.63) is 70.8 Å². The first kappa shape index (κ1) is 13.4. The van der Waals surface area contributed by atoms with Crippen molar-refractivity contribution >= 4 is 16.6 Å². The summed E-state index contributed by atoms with van der Waals surface area (Å²) in [5.41, 5.74) is 1.83. The lowest BCUT2D eigenvalue weighted by atomic mass is 10.2. The van der Waals surface area contributed by atoms with E-state index in [0.29, 0.717) is 18.5 Å². The van der Waals surface area contributed by atoms with Crippen LogP contribution in [0.2, 0.25) is 0 Å². The number of aromatic nitrogens is 2. The van der Waals surface area contributed by atoms with Crippen molar-refractivity contribution in [2.24, 2.45) is 0 Å². The van der Waals surface area contributed by atoms with Crippen LogP contribution < -0.4 is 10.9 Å². The van der Waals surface area contributed by atoms with E-state index >= 15 is 0 Å². The third kappa shape index (κ3) is 2.79. The lowest BCUT2D eigenvalue weighted by Gasteiger charge is -2.12. The fraction of sp³-hybridized carbons (Fsp3) is 0.176. The van der Waals surface area contributed by atoms with Gasteiger partial charge in [0.05, 0.1) is 10.9 Å². The number of rotatable bonds is 4. The van der Waals surface area contributed by atoms with Crippen molar-refractivity contribution in [3.63, 3.8) is 0 Å². The van der Waals surface area contributed by atoms with Gasteiger partial charge in [-0.05, 0) is 31.2 Å². The predicted octanol–water partition coefficient (Wildman–Crippen LogP) is 2.82. The first-order valence-corrected chi connectivity index (χ1v) is 7.01. The molecule has 1 aromatic heterocycles. The van der Waals surface area contributed by atoms with Gasteiger partial charge >= 0.3 is 0 Å². The minimum Gasteiger partial charge on any atom is -0.383 e. The highest BCUT2D eigenvalue weighted by atomic mass is 16.1. The average Bonchev–Trinajstić information content (AvgIpc) is 2.51. The van der Waals surface area contributed by atoms with Gasteiger partial charge in [-0.2, -0.15) is 0 Å². The highest BCUT2D eigenvalue weighted by Gasteiger charge is 2.06. The number of hydrogen-bond donors (Lipinski definition) is 1. The molecule has 0 amide bonds. The topological polar surface area (TPSA) is 46.9 Å². The number of benzene rings is 2. The largest absolute Gasteiger partial charge is 0.383 e. The second-order valence-electron chi connectivity index (χ2n) is 4.93. The van der Waals surface area contributed by atoms with Crippen LogP contribution in [0.15, 0.2) is 59.4 Å². The van der Waals surface area contributed by atoms with E-state index in [9.17, 15) is 4.79 Å². The summed E-state index contributed by atoms with van der Waals surface area (Å²) in [5.74, 6) is 0.744. The minimum atomic E-state index is 0.0213. The van der Waals surface area contributed by atoms with Crippen LogP contribution in [0.4, 0.5) is 5.69 Å². The van der Waals surface area contributed by atoms with Crippen LogP contribution in [0.3, 0.4) is 0 Å². The van der Waals surface area contributed by atoms with E-state index in [-0.39, 0.29) is 5.56 Å². The molecule has 0 aliphatic heterocycles. The third-order valence-corrected chi connectivity index (χ3v) is 3.49. The van der Waals surface area contributed by atoms with Crippen LogP contribution in [0.5, 0.6) is 0 Å². The standard InChI is InChI=1S/C17H17N3O/c1-13-19-16-10-6-5-9-15(16)17(21)20(13)12-11-18-14-7-3-2-4-8-14/h2-10,18H,11-12H2,1H3. The van der Waals surface area contributed by atoms with Crippen LogP contribution in [-0.2, 0) is 6.54 Å². The van der Waals surface area contributed by atoms with Crippen molar-refractivity contribution in [1.29, 1.82) is 0 Å². The molecule has 1 N–H and O–H groups in total. The highest BCUT2D eigenvalue weighted by Crippen LogP contribution is 2.08. The summed E-state index contributed by atoms with van der Waals surface area (Å²) in [6.07, 6.45) is 0. The molecule has 3 aromatic rings. The van der Waals surface area contributed by atoms with Gasteiger partial charge in [0.25, 0.3) is 5.56 Å². The summed E-state index contributed by atoms with van der Waals surface area (Å²) in [7, 11) is 0. The molecule has 0 saturated heterocycles. The zero-order chi connectivity index (χ0) is 14.7. The SMILES string of the molecule is Cc1nc2ccccc2c(=O)n1CCNc1ccccc1. The summed E-state index contributed by atoms with van der Waals surface area (Å²) in [4.78, 5) is 17.0. The number of aryl methyl sites for hydroxylation is 1. The maximum Gasteiger partial charge on any atom is 0.261 e. The molecule has 3 rings (SSSR count). The van der Waals surface area contributed by atoms with Crippen molar-refractivity contribution in [3.8, 4) is 0 Å². The Morgan fingerprint density at radius 1 is 1.05 bits per heavy atom.